The van der Waals surface area contributed by atoms with Crippen molar-refractivity contribution in [3.05, 3.63) is 66.7 Å². The van der Waals surface area contributed by atoms with E-state index >= 15 is 0 Å². The molecular weight excluding hydrogens is 370 g/mol. The predicted octanol–water partition coefficient (Wildman–Crippen LogP) is 4.12. The maximum atomic E-state index is 12.2. The SMILES string of the molecule is O=C1C[C@H](O)CN1c1nc(-c2ccc(-c3ccccc3)s2)c2ccccc2n1. The van der Waals surface area contributed by atoms with Crippen molar-refractivity contribution in [3.63, 3.8) is 0 Å². The van der Waals surface area contributed by atoms with Gasteiger partial charge in [-0.1, -0.05) is 48.5 Å². The third kappa shape index (κ3) is 2.96. The summed E-state index contributed by atoms with van der Waals surface area (Å²) in [4.78, 5) is 25.2. The van der Waals surface area contributed by atoms with Crippen LogP contribution in [-0.2, 0) is 4.79 Å². The van der Waals surface area contributed by atoms with Gasteiger partial charge in [0.15, 0.2) is 0 Å². The van der Waals surface area contributed by atoms with Gasteiger partial charge in [0.25, 0.3) is 0 Å². The Morgan fingerprint density at radius 1 is 0.929 bits per heavy atom. The van der Waals surface area contributed by atoms with Crippen LogP contribution >= 0.6 is 11.3 Å². The number of fused-ring (bicyclic) bond motifs is 1. The fraction of sp³-hybridized carbons (Fsp3) is 0.136. The van der Waals surface area contributed by atoms with E-state index in [2.05, 4.69) is 29.2 Å². The van der Waals surface area contributed by atoms with E-state index in [1.165, 1.54) is 4.90 Å². The molecule has 6 heteroatoms. The molecule has 1 N–H and O–H groups in total. The van der Waals surface area contributed by atoms with Gasteiger partial charge in [0.2, 0.25) is 11.9 Å². The van der Waals surface area contributed by atoms with Gasteiger partial charge >= 0.3 is 0 Å². The fourth-order valence-corrected chi connectivity index (χ4v) is 4.49. The molecule has 0 bridgehead atoms. The second-order valence-electron chi connectivity index (χ2n) is 6.78. The van der Waals surface area contributed by atoms with Crippen LogP contribution < -0.4 is 4.90 Å². The molecule has 1 amide bonds. The molecule has 5 nitrogen and oxygen atoms in total. The van der Waals surface area contributed by atoms with Crippen LogP contribution in [-0.4, -0.2) is 33.6 Å². The number of hydrogen-bond donors (Lipinski definition) is 1. The number of aliphatic hydroxyl groups excluding tert-OH is 1. The first kappa shape index (κ1) is 17.0. The second-order valence-corrected chi connectivity index (χ2v) is 7.87. The topological polar surface area (TPSA) is 66.3 Å². The molecule has 3 heterocycles. The summed E-state index contributed by atoms with van der Waals surface area (Å²) in [5.41, 5.74) is 2.75. The van der Waals surface area contributed by atoms with Gasteiger partial charge < -0.3 is 5.11 Å². The first-order chi connectivity index (χ1) is 13.7. The molecule has 2 aromatic heterocycles. The fourth-order valence-electron chi connectivity index (χ4n) is 3.48. The third-order valence-corrected chi connectivity index (χ3v) is 5.98. The molecule has 5 rings (SSSR count). The Morgan fingerprint density at radius 2 is 1.68 bits per heavy atom. The molecule has 0 saturated carbocycles. The number of carbonyl (C=O) groups excluding carboxylic acids is 1. The molecule has 1 atom stereocenters. The zero-order valence-electron chi connectivity index (χ0n) is 14.9. The van der Waals surface area contributed by atoms with E-state index in [-0.39, 0.29) is 18.9 Å². The van der Waals surface area contributed by atoms with Gasteiger partial charge in [0, 0.05) is 10.3 Å². The molecule has 1 aliphatic rings. The number of nitrogens with zero attached hydrogens (tertiary/aromatic N) is 3. The van der Waals surface area contributed by atoms with Crippen LogP contribution in [0.5, 0.6) is 0 Å². The first-order valence-corrected chi connectivity index (χ1v) is 9.91. The van der Waals surface area contributed by atoms with Crippen molar-refractivity contribution >= 4 is 34.1 Å². The molecule has 0 radical (unpaired) electrons. The maximum Gasteiger partial charge on any atom is 0.233 e. The Hall–Kier alpha value is -3.09. The minimum atomic E-state index is -0.669. The lowest BCUT2D eigenvalue weighted by atomic mass is 10.1. The van der Waals surface area contributed by atoms with Crippen molar-refractivity contribution in [2.45, 2.75) is 12.5 Å². The number of rotatable bonds is 3. The Morgan fingerprint density at radius 3 is 2.46 bits per heavy atom. The minimum Gasteiger partial charge on any atom is -0.391 e. The highest BCUT2D eigenvalue weighted by Crippen LogP contribution is 2.37. The number of hydrogen-bond acceptors (Lipinski definition) is 5. The maximum absolute atomic E-state index is 12.2. The van der Waals surface area contributed by atoms with Crippen molar-refractivity contribution in [3.8, 4) is 21.0 Å². The average Bonchev–Trinajstić information content (AvgIpc) is 3.34. The van der Waals surface area contributed by atoms with Crippen LogP contribution in [0.2, 0.25) is 0 Å². The summed E-state index contributed by atoms with van der Waals surface area (Å²) in [5, 5.41) is 10.8. The van der Waals surface area contributed by atoms with E-state index in [4.69, 9.17) is 4.98 Å². The molecule has 138 valence electrons. The number of para-hydroxylation sites is 1. The van der Waals surface area contributed by atoms with Crippen LogP contribution in [0.15, 0.2) is 66.7 Å². The molecule has 0 aliphatic carbocycles. The summed E-state index contributed by atoms with van der Waals surface area (Å²) in [6.45, 7) is 0.232. The zero-order chi connectivity index (χ0) is 19.1. The Balaban J connectivity index is 1.65. The quantitative estimate of drug-likeness (QED) is 0.574. The zero-order valence-corrected chi connectivity index (χ0v) is 15.8. The van der Waals surface area contributed by atoms with Crippen LogP contribution in [0, 0.1) is 0 Å². The van der Waals surface area contributed by atoms with Crippen molar-refractivity contribution in [2.75, 3.05) is 11.4 Å². The molecule has 1 fully saturated rings. The Labute approximate surface area is 165 Å². The lowest BCUT2D eigenvalue weighted by molar-refractivity contribution is -0.117. The standard InChI is InChI=1S/C22H17N3O2S/c26-15-12-20(27)25(13-15)22-23-17-9-5-4-8-16(17)21(24-22)19-11-10-18(28-19)14-6-2-1-3-7-14/h1-11,15,26H,12-13H2/t15-/m0/s1. The van der Waals surface area contributed by atoms with Crippen LogP contribution in [0.25, 0.3) is 31.9 Å². The number of amides is 1. The van der Waals surface area contributed by atoms with E-state index in [0.29, 0.717) is 5.95 Å². The number of carbonyl (C=O) groups is 1. The van der Waals surface area contributed by atoms with Gasteiger partial charge in [-0.05, 0) is 23.8 Å². The number of anilines is 1. The summed E-state index contributed by atoms with van der Waals surface area (Å²) in [5.74, 6) is 0.204. The van der Waals surface area contributed by atoms with Crippen LogP contribution in [0.4, 0.5) is 5.95 Å². The van der Waals surface area contributed by atoms with Gasteiger partial charge in [-0.15, -0.1) is 11.3 Å². The molecule has 0 unspecified atom stereocenters. The van der Waals surface area contributed by atoms with E-state index < -0.39 is 6.10 Å². The van der Waals surface area contributed by atoms with E-state index in [9.17, 15) is 9.90 Å². The number of aliphatic hydroxyl groups is 1. The molecule has 0 spiro atoms. The number of thiophene rings is 1. The van der Waals surface area contributed by atoms with Crippen LogP contribution in [0.3, 0.4) is 0 Å². The summed E-state index contributed by atoms with van der Waals surface area (Å²) >= 11 is 1.66. The van der Waals surface area contributed by atoms with Gasteiger partial charge in [-0.2, -0.15) is 0 Å². The third-order valence-electron chi connectivity index (χ3n) is 4.84. The summed E-state index contributed by atoms with van der Waals surface area (Å²) in [6.07, 6.45) is -0.555. The number of β-amino-alcohol motifs (C(OH)–C–C–N with tert-alkyl or cyclic N) is 1. The van der Waals surface area contributed by atoms with E-state index in [1.54, 1.807) is 11.3 Å². The van der Waals surface area contributed by atoms with E-state index in [0.717, 1.165) is 31.9 Å². The van der Waals surface area contributed by atoms with Gasteiger partial charge in [0.05, 0.1) is 35.2 Å². The molecule has 4 aromatic rings. The van der Waals surface area contributed by atoms with Crippen LogP contribution in [0.1, 0.15) is 6.42 Å². The monoisotopic (exact) mass is 387 g/mol. The number of benzene rings is 2. The summed E-state index contributed by atoms with van der Waals surface area (Å²) in [6, 6.07) is 22.2. The minimum absolute atomic E-state index is 0.114. The Kier molecular flexibility index (Phi) is 4.15. The molecule has 28 heavy (non-hydrogen) atoms. The summed E-state index contributed by atoms with van der Waals surface area (Å²) in [7, 11) is 0. The highest BCUT2D eigenvalue weighted by molar-refractivity contribution is 7.18. The molecule has 2 aromatic carbocycles. The largest absolute Gasteiger partial charge is 0.391 e. The van der Waals surface area contributed by atoms with Gasteiger partial charge in [-0.3, -0.25) is 9.69 Å². The van der Waals surface area contributed by atoms with Crippen molar-refractivity contribution in [1.82, 2.24) is 9.97 Å². The molecular formula is C22H17N3O2S. The Bertz CT molecular complexity index is 1170. The highest BCUT2D eigenvalue weighted by Gasteiger charge is 2.31. The summed E-state index contributed by atoms with van der Waals surface area (Å²) < 4.78 is 0. The van der Waals surface area contributed by atoms with Gasteiger partial charge in [0.1, 0.15) is 0 Å². The van der Waals surface area contributed by atoms with Crippen molar-refractivity contribution in [1.29, 1.82) is 0 Å². The van der Waals surface area contributed by atoms with Crippen molar-refractivity contribution < 1.29 is 9.90 Å². The smallest absolute Gasteiger partial charge is 0.233 e. The predicted molar refractivity (Wildman–Crippen MR) is 111 cm³/mol. The van der Waals surface area contributed by atoms with Gasteiger partial charge in [-0.25, -0.2) is 9.97 Å². The average molecular weight is 387 g/mol. The molecule has 1 saturated heterocycles. The first-order valence-electron chi connectivity index (χ1n) is 9.10. The molecule has 1 aliphatic heterocycles. The highest BCUT2D eigenvalue weighted by atomic mass is 32.1. The second kappa shape index (κ2) is 6.82. The normalized spacial score (nSPS) is 16.8. The van der Waals surface area contributed by atoms with Crippen molar-refractivity contribution in [2.24, 2.45) is 0 Å². The number of aromatic nitrogens is 2. The lowest BCUT2D eigenvalue weighted by Gasteiger charge is -2.15. The lowest BCUT2D eigenvalue weighted by Crippen LogP contribution is -2.27. The van der Waals surface area contributed by atoms with E-state index in [1.807, 2.05) is 42.5 Å².